The average molecular weight is 270 g/mol. The zero-order chi connectivity index (χ0) is 13.7. The van der Waals surface area contributed by atoms with Crippen molar-refractivity contribution in [3.8, 4) is 6.07 Å². The molecule has 0 radical (unpaired) electrons. The third kappa shape index (κ3) is 3.21. The number of thiophene rings is 1. The van der Waals surface area contributed by atoms with Crippen molar-refractivity contribution in [1.29, 1.82) is 5.26 Å². The molecule has 19 heavy (non-hydrogen) atoms. The molecule has 0 aliphatic rings. The van der Waals surface area contributed by atoms with Crippen LogP contribution < -0.4 is 5.32 Å². The smallest absolute Gasteiger partial charge is 0.242 e. The summed E-state index contributed by atoms with van der Waals surface area (Å²) in [5, 5.41) is 16.0. The van der Waals surface area contributed by atoms with Gasteiger partial charge in [-0.05, 0) is 34.9 Å². The molecule has 96 valence electrons. The second-order valence-electron chi connectivity index (χ2n) is 4.26. The van der Waals surface area contributed by atoms with Crippen LogP contribution in [-0.4, -0.2) is 5.91 Å². The predicted octanol–water partition coefficient (Wildman–Crippen LogP) is 3.23. The van der Waals surface area contributed by atoms with E-state index in [0.717, 1.165) is 11.1 Å². The molecule has 1 aromatic carbocycles. The Balaban J connectivity index is 2.09. The molecule has 2 unspecified atom stereocenters. The van der Waals surface area contributed by atoms with E-state index in [1.165, 1.54) is 0 Å². The number of hydrogen-bond acceptors (Lipinski definition) is 3. The molecule has 0 spiro atoms. The van der Waals surface area contributed by atoms with Gasteiger partial charge in [0.15, 0.2) is 0 Å². The lowest BCUT2D eigenvalue weighted by Crippen LogP contribution is -2.30. The van der Waals surface area contributed by atoms with Gasteiger partial charge in [-0.2, -0.15) is 16.6 Å². The van der Waals surface area contributed by atoms with Crippen LogP contribution in [0.3, 0.4) is 0 Å². The third-order valence-electron chi connectivity index (χ3n) is 2.93. The van der Waals surface area contributed by atoms with E-state index in [2.05, 4.69) is 11.4 Å². The lowest BCUT2D eigenvalue weighted by molar-refractivity contribution is -0.122. The van der Waals surface area contributed by atoms with Crippen LogP contribution >= 0.6 is 11.3 Å². The minimum Gasteiger partial charge on any atom is -0.348 e. The first-order chi connectivity index (χ1) is 9.22. The molecule has 1 heterocycles. The molecular formula is C15H14N2OS. The fourth-order valence-electron chi connectivity index (χ4n) is 1.83. The monoisotopic (exact) mass is 270 g/mol. The lowest BCUT2D eigenvalue weighted by Gasteiger charge is -2.15. The minimum atomic E-state index is -0.762. The molecule has 2 atom stereocenters. The highest BCUT2D eigenvalue weighted by Gasteiger charge is 2.21. The van der Waals surface area contributed by atoms with Gasteiger partial charge in [-0.25, -0.2) is 0 Å². The maximum atomic E-state index is 12.2. The molecule has 0 aliphatic carbocycles. The highest BCUT2D eigenvalue weighted by Crippen LogP contribution is 2.19. The summed E-state index contributed by atoms with van der Waals surface area (Å²) < 4.78 is 0. The SMILES string of the molecule is CC(NC(=O)C(C#N)c1ccccc1)c1ccsc1. The Morgan fingerprint density at radius 2 is 2.00 bits per heavy atom. The summed E-state index contributed by atoms with van der Waals surface area (Å²) in [6.45, 7) is 1.92. The zero-order valence-electron chi connectivity index (χ0n) is 10.5. The van der Waals surface area contributed by atoms with Gasteiger partial charge in [0.1, 0.15) is 5.92 Å². The molecule has 0 saturated carbocycles. The van der Waals surface area contributed by atoms with Gasteiger partial charge in [-0.15, -0.1) is 0 Å². The summed E-state index contributed by atoms with van der Waals surface area (Å²) in [4.78, 5) is 12.2. The molecule has 0 fully saturated rings. The maximum absolute atomic E-state index is 12.2. The summed E-state index contributed by atoms with van der Waals surface area (Å²) in [5.74, 6) is -1.02. The van der Waals surface area contributed by atoms with Crippen LogP contribution in [0.4, 0.5) is 0 Å². The maximum Gasteiger partial charge on any atom is 0.242 e. The van der Waals surface area contributed by atoms with E-state index in [-0.39, 0.29) is 11.9 Å². The molecule has 2 rings (SSSR count). The van der Waals surface area contributed by atoms with E-state index in [4.69, 9.17) is 0 Å². The van der Waals surface area contributed by atoms with Gasteiger partial charge in [0, 0.05) is 0 Å². The minimum absolute atomic E-state index is 0.0849. The van der Waals surface area contributed by atoms with Gasteiger partial charge < -0.3 is 5.32 Å². The first kappa shape index (κ1) is 13.3. The number of amides is 1. The molecule has 3 nitrogen and oxygen atoms in total. The van der Waals surface area contributed by atoms with Gasteiger partial charge in [0.25, 0.3) is 0 Å². The van der Waals surface area contributed by atoms with Gasteiger partial charge >= 0.3 is 0 Å². The fraction of sp³-hybridized carbons (Fsp3) is 0.200. The number of nitrogens with zero attached hydrogens (tertiary/aromatic N) is 1. The van der Waals surface area contributed by atoms with Crippen molar-refractivity contribution in [3.05, 3.63) is 58.3 Å². The van der Waals surface area contributed by atoms with E-state index in [9.17, 15) is 10.1 Å². The summed E-state index contributed by atoms with van der Waals surface area (Å²) >= 11 is 1.59. The van der Waals surface area contributed by atoms with Crippen molar-refractivity contribution < 1.29 is 4.79 Å². The van der Waals surface area contributed by atoms with E-state index in [1.54, 1.807) is 23.5 Å². The largest absolute Gasteiger partial charge is 0.348 e. The first-order valence-corrected chi connectivity index (χ1v) is 6.93. The highest BCUT2D eigenvalue weighted by atomic mass is 32.1. The van der Waals surface area contributed by atoms with Crippen molar-refractivity contribution in [2.24, 2.45) is 0 Å². The predicted molar refractivity (Wildman–Crippen MR) is 75.7 cm³/mol. The fourth-order valence-corrected chi connectivity index (χ4v) is 2.59. The Labute approximate surface area is 116 Å². The van der Waals surface area contributed by atoms with Gasteiger partial charge in [0.2, 0.25) is 5.91 Å². The number of rotatable bonds is 4. The van der Waals surface area contributed by atoms with Crippen LogP contribution in [-0.2, 0) is 4.79 Å². The topological polar surface area (TPSA) is 52.9 Å². The van der Waals surface area contributed by atoms with Crippen molar-refractivity contribution in [3.63, 3.8) is 0 Å². The second-order valence-corrected chi connectivity index (χ2v) is 5.04. The zero-order valence-corrected chi connectivity index (χ0v) is 11.4. The lowest BCUT2D eigenvalue weighted by atomic mass is 9.99. The summed E-state index contributed by atoms with van der Waals surface area (Å²) in [7, 11) is 0. The van der Waals surface area contributed by atoms with Crippen molar-refractivity contribution in [2.45, 2.75) is 18.9 Å². The number of nitrogens with one attached hydrogen (secondary N) is 1. The van der Waals surface area contributed by atoms with Crippen molar-refractivity contribution in [1.82, 2.24) is 5.32 Å². The Morgan fingerprint density at radius 3 is 2.58 bits per heavy atom. The molecule has 1 N–H and O–H groups in total. The standard InChI is InChI=1S/C15H14N2OS/c1-11(13-7-8-19-10-13)17-15(18)14(9-16)12-5-3-2-4-6-12/h2-8,10-11,14H,1H3,(H,17,18). The molecule has 0 saturated heterocycles. The normalized spacial score (nSPS) is 13.3. The molecule has 1 aromatic heterocycles. The van der Waals surface area contributed by atoms with Crippen LogP contribution in [0.25, 0.3) is 0 Å². The van der Waals surface area contributed by atoms with E-state index in [0.29, 0.717) is 0 Å². The summed E-state index contributed by atoms with van der Waals surface area (Å²) in [6.07, 6.45) is 0. The Kier molecular flexibility index (Phi) is 4.32. The second kappa shape index (κ2) is 6.17. The van der Waals surface area contributed by atoms with Crippen molar-refractivity contribution in [2.75, 3.05) is 0 Å². The molecule has 0 aliphatic heterocycles. The van der Waals surface area contributed by atoms with E-state index in [1.807, 2.05) is 41.9 Å². The first-order valence-electron chi connectivity index (χ1n) is 5.99. The van der Waals surface area contributed by atoms with Gasteiger partial charge in [-0.1, -0.05) is 30.3 Å². The Hall–Kier alpha value is -2.12. The van der Waals surface area contributed by atoms with Crippen molar-refractivity contribution >= 4 is 17.2 Å². The summed E-state index contributed by atoms with van der Waals surface area (Å²) in [6, 6.07) is 13.1. The molecule has 1 amide bonds. The van der Waals surface area contributed by atoms with Crippen LogP contribution in [0, 0.1) is 11.3 Å². The van der Waals surface area contributed by atoms with Gasteiger partial charge in [0.05, 0.1) is 12.1 Å². The number of benzene rings is 1. The third-order valence-corrected chi connectivity index (χ3v) is 3.63. The Bertz CT molecular complexity index is 572. The number of hydrogen-bond donors (Lipinski definition) is 1. The van der Waals surface area contributed by atoms with Crippen LogP contribution in [0.2, 0.25) is 0 Å². The quantitative estimate of drug-likeness (QED) is 0.927. The average Bonchev–Trinajstić information content (AvgIpc) is 2.94. The number of nitriles is 1. The molecular weight excluding hydrogens is 256 g/mol. The summed E-state index contributed by atoms with van der Waals surface area (Å²) in [5.41, 5.74) is 1.78. The molecule has 0 bridgehead atoms. The van der Waals surface area contributed by atoms with E-state index < -0.39 is 5.92 Å². The number of carbonyl (C=O) groups excluding carboxylic acids is 1. The number of carbonyl (C=O) groups is 1. The molecule has 4 heteroatoms. The highest BCUT2D eigenvalue weighted by molar-refractivity contribution is 7.07. The molecule has 2 aromatic rings. The van der Waals surface area contributed by atoms with Crippen LogP contribution in [0.1, 0.15) is 30.0 Å². The van der Waals surface area contributed by atoms with Crippen LogP contribution in [0.15, 0.2) is 47.2 Å². The van der Waals surface area contributed by atoms with Gasteiger partial charge in [-0.3, -0.25) is 4.79 Å². The Morgan fingerprint density at radius 1 is 1.26 bits per heavy atom. The van der Waals surface area contributed by atoms with E-state index >= 15 is 0 Å². The van der Waals surface area contributed by atoms with Crippen LogP contribution in [0.5, 0.6) is 0 Å².